The molecule has 0 radical (unpaired) electrons. The molecule has 5 nitrogen and oxygen atoms in total. The van der Waals surface area contributed by atoms with Crippen LogP contribution in [0, 0.1) is 0 Å². The van der Waals surface area contributed by atoms with Gasteiger partial charge in [-0.2, -0.15) is 22.9 Å². The van der Waals surface area contributed by atoms with Crippen LogP contribution in [0.1, 0.15) is 30.4 Å². The summed E-state index contributed by atoms with van der Waals surface area (Å²) >= 11 is 3.37. The molecule has 0 saturated heterocycles. The molecule has 164 valence electrons. The van der Waals surface area contributed by atoms with Crippen LogP contribution in [0.4, 0.5) is 13.2 Å². The summed E-state index contributed by atoms with van der Waals surface area (Å²) in [5, 5.41) is 4.78. The van der Waals surface area contributed by atoms with E-state index in [2.05, 4.69) is 26.0 Å². The van der Waals surface area contributed by atoms with Gasteiger partial charge in [-0.1, -0.05) is 28.9 Å². The van der Waals surface area contributed by atoms with Crippen LogP contribution >= 0.6 is 15.9 Å². The van der Waals surface area contributed by atoms with Gasteiger partial charge in [0.05, 0.1) is 28.4 Å². The van der Waals surface area contributed by atoms with E-state index in [0.717, 1.165) is 23.0 Å². The minimum Gasteiger partial charge on any atom is -0.316 e. The van der Waals surface area contributed by atoms with E-state index in [1.165, 1.54) is 17.0 Å². The Bertz CT molecular complexity index is 1370. The lowest BCUT2D eigenvalue weighted by Crippen LogP contribution is -2.22. The maximum Gasteiger partial charge on any atom is 0.416 e. The molecular formula is C23H18BrF3N4O. The predicted molar refractivity (Wildman–Crippen MR) is 121 cm³/mol. The van der Waals surface area contributed by atoms with E-state index < -0.39 is 11.7 Å². The van der Waals surface area contributed by atoms with Gasteiger partial charge in [0.2, 0.25) is 0 Å². The van der Waals surface area contributed by atoms with Gasteiger partial charge in [-0.05, 0) is 55.0 Å². The SMILES string of the molecule is CCCc1nc2ccc(Br)cc2c(=O)n1N=Cc1cccn1-c1cccc(C(F)(F)F)c1. The second-order valence-corrected chi connectivity index (χ2v) is 8.07. The normalized spacial score (nSPS) is 12.2. The lowest BCUT2D eigenvalue weighted by Gasteiger charge is -2.11. The maximum atomic E-state index is 13.1. The molecule has 0 unspecified atom stereocenters. The van der Waals surface area contributed by atoms with Crippen LogP contribution in [0.3, 0.4) is 0 Å². The average Bonchev–Trinajstić information content (AvgIpc) is 3.22. The highest BCUT2D eigenvalue weighted by molar-refractivity contribution is 9.10. The Kier molecular flexibility index (Phi) is 6.01. The number of fused-ring (bicyclic) bond motifs is 1. The molecule has 0 fully saturated rings. The van der Waals surface area contributed by atoms with Gasteiger partial charge in [-0.3, -0.25) is 4.79 Å². The molecule has 0 amide bonds. The van der Waals surface area contributed by atoms with Crippen LogP contribution in [0.25, 0.3) is 16.6 Å². The molecule has 0 spiro atoms. The second-order valence-electron chi connectivity index (χ2n) is 7.15. The van der Waals surface area contributed by atoms with Crippen molar-refractivity contribution in [3.05, 3.63) is 92.7 Å². The summed E-state index contributed by atoms with van der Waals surface area (Å²) in [6, 6.07) is 13.7. The number of hydrogen-bond donors (Lipinski definition) is 0. The van der Waals surface area contributed by atoms with Crippen molar-refractivity contribution < 1.29 is 13.2 Å². The third kappa shape index (κ3) is 4.38. The molecule has 2 aromatic heterocycles. The van der Waals surface area contributed by atoms with E-state index in [1.807, 2.05) is 13.0 Å². The van der Waals surface area contributed by atoms with Gasteiger partial charge >= 0.3 is 6.18 Å². The van der Waals surface area contributed by atoms with Gasteiger partial charge in [-0.15, -0.1) is 0 Å². The third-order valence-corrected chi connectivity index (χ3v) is 5.38. The highest BCUT2D eigenvalue weighted by Crippen LogP contribution is 2.30. The van der Waals surface area contributed by atoms with E-state index in [-0.39, 0.29) is 5.56 Å². The topological polar surface area (TPSA) is 52.2 Å². The Labute approximate surface area is 190 Å². The van der Waals surface area contributed by atoms with Gasteiger partial charge in [0.25, 0.3) is 5.56 Å². The van der Waals surface area contributed by atoms with Crippen LogP contribution in [0.15, 0.2) is 75.2 Å². The molecule has 0 N–H and O–H groups in total. The second kappa shape index (κ2) is 8.74. The van der Waals surface area contributed by atoms with Crippen molar-refractivity contribution in [1.29, 1.82) is 0 Å². The zero-order valence-electron chi connectivity index (χ0n) is 17.0. The van der Waals surface area contributed by atoms with Gasteiger partial charge in [-0.25, -0.2) is 4.98 Å². The van der Waals surface area contributed by atoms with Gasteiger partial charge in [0, 0.05) is 22.8 Å². The minimum absolute atomic E-state index is 0.312. The molecule has 9 heteroatoms. The van der Waals surface area contributed by atoms with E-state index in [4.69, 9.17) is 0 Å². The van der Waals surface area contributed by atoms with Crippen molar-refractivity contribution in [3.8, 4) is 5.69 Å². The third-order valence-electron chi connectivity index (χ3n) is 4.89. The summed E-state index contributed by atoms with van der Waals surface area (Å²) in [6.45, 7) is 1.98. The first-order chi connectivity index (χ1) is 15.3. The van der Waals surface area contributed by atoms with Gasteiger partial charge < -0.3 is 4.57 Å². The van der Waals surface area contributed by atoms with Gasteiger partial charge in [0.15, 0.2) is 0 Å². The molecule has 0 aliphatic heterocycles. The lowest BCUT2D eigenvalue weighted by atomic mass is 10.2. The van der Waals surface area contributed by atoms with Crippen LogP contribution in [0.2, 0.25) is 0 Å². The molecule has 0 aliphatic carbocycles. The quantitative estimate of drug-likeness (QED) is 0.323. The number of alkyl halides is 3. The average molecular weight is 503 g/mol. The molecular weight excluding hydrogens is 485 g/mol. The standard InChI is InChI=1S/C23H18BrF3N4O/c1-2-5-21-29-20-10-9-16(24)13-19(20)22(32)31(21)28-14-18-8-4-11-30(18)17-7-3-6-15(12-17)23(25,26)27/h3-4,6-14H,2,5H2,1H3. The number of nitrogens with zero attached hydrogens (tertiary/aromatic N) is 4. The molecule has 32 heavy (non-hydrogen) atoms. The number of rotatable bonds is 5. The molecule has 0 saturated carbocycles. The molecule has 0 aliphatic rings. The first-order valence-corrected chi connectivity index (χ1v) is 10.7. The number of halogens is 4. The fraction of sp³-hybridized carbons (Fsp3) is 0.174. The smallest absolute Gasteiger partial charge is 0.316 e. The van der Waals surface area contributed by atoms with E-state index in [1.54, 1.807) is 41.1 Å². The molecule has 0 bridgehead atoms. The molecule has 0 atom stereocenters. The van der Waals surface area contributed by atoms with Crippen molar-refractivity contribution >= 4 is 33.0 Å². The summed E-state index contributed by atoms with van der Waals surface area (Å²) in [6.07, 6.45) is -0.0305. The first-order valence-electron chi connectivity index (χ1n) is 9.88. The van der Waals surface area contributed by atoms with E-state index >= 15 is 0 Å². The maximum absolute atomic E-state index is 13.1. The van der Waals surface area contributed by atoms with Crippen molar-refractivity contribution in [2.75, 3.05) is 0 Å². The predicted octanol–water partition coefficient (Wildman–Crippen LogP) is 5.80. The van der Waals surface area contributed by atoms with Gasteiger partial charge in [0.1, 0.15) is 5.82 Å². The fourth-order valence-electron chi connectivity index (χ4n) is 3.38. The Morgan fingerprint density at radius 2 is 1.94 bits per heavy atom. The number of aryl methyl sites for hydroxylation is 1. The van der Waals surface area contributed by atoms with Crippen LogP contribution in [0.5, 0.6) is 0 Å². The largest absolute Gasteiger partial charge is 0.416 e. The first kappa shape index (κ1) is 22.0. The van der Waals surface area contributed by atoms with Crippen molar-refractivity contribution in [2.24, 2.45) is 5.10 Å². The Morgan fingerprint density at radius 3 is 2.69 bits per heavy atom. The Hall–Kier alpha value is -3.20. The van der Waals surface area contributed by atoms with Crippen LogP contribution < -0.4 is 5.56 Å². The molecule has 2 heterocycles. The highest BCUT2D eigenvalue weighted by Gasteiger charge is 2.30. The molecule has 4 aromatic rings. The zero-order valence-corrected chi connectivity index (χ0v) is 18.6. The highest BCUT2D eigenvalue weighted by atomic mass is 79.9. The van der Waals surface area contributed by atoms with Crippen molar-refractivity contribution in [2.45, 2.75) is 25.9 Å². The van der Waals surface area contributed by atoms with E-state index in [9.17, 15) is 18.0 Å². The van der Waals surface area contributed by atoms with Crippen LogP contribution in [-0.2, 0) is 12.6 Å². The number of benzene rings is 2. The fourth-order valence-corrected chi connectivity index (χ4v) is 3.74. The van der Waals surface area contributed by atoms with Crippen LogP contribution in [-0.4, -0.2) is 20.4 Å². The summed E-state index contributed by atoms with van der Waals surface area (Å²) in [7, 11) is 0. The summed E-state index contributed by atoms with van der Waals surface area (Å²) in [5.74, 6) is 0.515. The minimum atomic E-state index is -4.44. The Morgan fingerprint density at radius 1 is 1.12 bits per heavy atom. The van der Waals surface area contributed by atoms with Crippen molar-refractivity contribution in [3.63, 3.8) is 0 Å². The monoisotopic (exact) mass is 502 g/mol. The summed E-state index contributed by atoms with van der Waals surface area (Å²) in [5.41, 5.74) is 0.395. The Balaban J connectivity index is 1.79. The van der Waals surface area contributed by atoms with E-state index in [0.29, 0.717) is 34.5 Å². The summed E-state index contributed by atoms with van der Waals surface area (Å²) < 4.78 is 42.9. The molecule has 4 rings (SSSR count). The zero-order chi connectivity index (χ0) is 22.9. The molecule has 2 aromatic carbocycles. The number of hydrogen-bond acceptors (Lipinski definition) is 3. The summed E-state index contributed by atoms with van der Waals surface area (Å²) in [4.78, 5) is 17.7. The number of aromatic nitrogens is 3. The van der Waals surface area contributed by atoms with Crippen molar-refractivity contribution in [1.82, 2.24) is 14.2 Å². The lowest BCUT2D eigenvalue weighted by molar-refractivity contribution is -0.137.